The zero-order valence-electron chi connectivity index (χ0n) is 21.2. The summed E-state index contributed by atoms with van der Waals surface area (Å²) in [5.41, 5.74) is -2.30. The van der Waals surface area contributed by atoms with E-state index in [2.05, 4.69) is 4.74 Å². The Hall–Kier alpha value is -2.66. The van der Waals surface area contributed by atoms with Gasteiger partial charge in [0.2, 0.25) is 0 Å². The maximum absolute atomic E-state index is 13.6. The lowest BCUT2D eigenvalue weighted by atomic mass is 9.91. The minimum Gasteiger partial charge on any atom is -0.469 e. The number of nitrogens with zero attached hydrogens (tertiary/aromatic N) is 1. The average molecular weight is 550 g/mol. The predicted octanol–water partition coefficient (Wildman–Crippen LogP) is 7.14. The maximum Gasteiger partial charge on any atom is 0.416 e. The first kappa shape index (κ1) is 29.9. The topological polar surface area (TPSA) is 38.8 Å². The fourth-order valence-electron chi connectivity index (χ4n) is 5.01. The molecule has 2 aromatic carbocycles. The van der Waals surface area contributed by atoms with Crippen LogP contribution in [0, 0.1) is 5.82 Å². The molecule has 1 fully saturated rings. The van der Waals surface area contributed by atoms with Crippen LogP contribution in [0.4, 0.5) is 30.7 Å². The van der Waals surface area contributed by atoms with Gasteiger partial charge in [-0.05, 0) is 81.2 Å². The van der Waals surface area contributed by atoms with Crippen molar-refractivity contribution in [2.24, 2.45) is 0 Å². The van der Waals surface area contributed by atoms with Crippen LogP contribution in [-0.2, 0) is 26.6 Å². The Morgan fingerprint density at radius 3 is 2.11 bits per heavy atom. The zero-order valence-corrected chi connectivity index (χ0v) is 21.2. The number of hydrogen-bond acceptors (Lipinski definition) is 4. The molecule has 1 saturated carbocycles. The number of ether oxygens (including phenoxy) is 2. The molecule has 0 N–H and O–H groups in total. The van der Waals surface area contributed by atoms with Crippen LogP contribution in [0.3, 0.4) is 0 Å². The standard InChI is InChI=1S/C27H30F7NO3/c1-16(18-13-19(26(29,30)31)15-20(14-18)27(32,33)34)38-23-11-10-22(35(2)12-4-5-24(36)37-3)25(23)17-6-8-21(28)9-7-17/h6-9,13-16,22-23,25H,4-5,10-12H2,1-3H3/t16-,22?,23?,25?/m1/s1. The van der Waals surface area contributed by atoms with E-state index in [-0.39, 0.29) is 36.0 Å². The molecule has 0 radical (unpaired) electrons. The molecule has 0 heterocycles. The van der Waals surface area contributed by atoms with Gasteiger partial charge in [-0.25, -0.2) is 4.39 Å². The van der Waals surface area contributed by atoms with Crippen molar-refractivity contribution in [3.8, 4) is 0 Å². The van der Waals surface area contributed by atoms with E-state index in [9.17, 15) is 35.5 Å². The maximum atomic E-state index is 13.6. The lowest BCUT2D eigenvalue weighted by Gasteiger charge is -2.33. The molecule has 0 bridgehead atoms. The fourth-order valence-corrected chi connectivity index (χ4v) is 5.01. The average Bonchev–Trinajstić information content (AvgIpc) is 3.26. The summed E-state index contributed by atoms with van der Waals surface area (Å²) in [5, 5.41) is 0. The van der Waals surface area contributed by atoms with Crippen LogP contribution >= 0.6 is 0 Å². The van der Waals surface area contributed by atoms with E-state index >= 15 is 0 Å². The van der Waals surface area contributed by atoms with Crippen LogP contribution in [0.1, 0.15) is 66.9 Å². The van der Waals surface area contributed by atoms with Crippen LogP contribution in [0.5, 0.6) is 0 Å². The third-order valence-corrected chi connectivity index (χ3v) is 6.96. The van der Waals surface area contributed by atoms with Crippen LogP contribution in [0.15, 0.2) is 42.5 Å². The molecular formula is C27H30F7NO3. The molecule has 0 amide bonds. The van der Waals surface area contributed by atoms with E-state index in [0.717, 1.165) is 5.56 Å². The second-order valence-corrected chi connectivity index (χ2v) is 9.54. The highest BCUT2D eigenvalue weighted by Crippen LogP contribution is 2.43. The number of alkyl halides is 6. The number of methoxy groups -OCH3 is 1. The van der Waals surface area contributed by atoms with E-state index in [4.69, 9.17) is 4.74 Å². The molecule has 4 nitrogen and oxygen atoms in total. The molecule has 1 aliphatic rings. The lowest BCUT2D eigenvalue weighted by Crippen LogP contribution is -2.37. The molecule has 4 atom stereocenters. The molecule has 0 spiro atoms. The molecule has 3 rings (SSSR count). The van der Waals surface area contributed by atoms with Crippen molar-refractivity contribution in [2.45, 2.75) is 69.1 Å². The van der Waals surface area contributed by atoms with Crippen molar-refractivity contribution in [3.05, 3.63) is 70.5 Å². The first-order valence-corrected chi connectivity index (χ1v) is 12.2. The number of likely N-dealkylation sites (N-methyl/N-ethyl adjacent to an activating group) is 1. The van der Waals surface area contributed by atoms with E-state index in [1.807, 2.05) is 11.9 Å². The molecule has 0 saturated heterocycles. The smallest absolute Gasteiger partial charge is 0.416 e. The Morgan fingerprint density at radius 1 is 1.00 bits per heavy atom. The number of rotatable bonds is 9. The van der Waals surface area contributed by atoms with Crippen molar-refractivity contribution in [1.29, 1.82) is 0 Å². The number of esters is 1. The van der Waals surface area contributed by atoms with Gasteiger partial charge in [-0.1, -0.05) is 12.1 Å². The van der Waals surface area contributed by atoms with E-state index in [1.165, 1.54) is 26.2 Å². The molecule has 38 heavy (non-hydrogen) atoms. The van der Waals surface area contributed by atoms with Gasteiger partial charge in [0.1, 0.15) is 5.82 Å². The van der Waals surface area contributed by atoms with E-state index < -0.39 is 41.5 Å². The highest BCUT2D eigenvalue weighted by molar-refractivity contribution is 5.69. The van der Waals surface area contributed by atoms with E-state index in [0.29, 0.717) is 37.9 Å². The number of carbonyl (C=O) groups is 1. The van der Waals surface area contributed by atoms with Crippen molar-refractivity contribution in [1.82, 2.24) is 4.90 Å². The van der Waals surface area contributed by atoms with Gasteiger partial charge in [-0.3, -0.25) is 4.79 Å². The summed E-state index contributed by atoms with van der Waals surface area (Å²) >= 11 is 0. The molecule has 2 aromatic rings. The summed E-state index contributed by atoms with van der Waals surface area (Å²) in [5.74, 6) is -1.10. The molecule has 11 heteroatoms. The molecular weight excluding hydrogens is 519 g/mol. The summed E-state index contributed by atoms with van der Waals surface area (Å²) in [6, 6.07) is 7.14. The molecule has 210 valence electrons. The van der Waals surface area contributed by atoms with Gasteiger partial charge in [0.15, 0.2) is 0 Å². The third-order valence-electron chi connectivity index (χ3n) is 6.96. The lowest BCUT2D eigenvalue weighted by molar-refractivity contribution is -0.143. The van der Waals surface area contributed by atoms with Crippen LogP contribution in [0.25, 0.3) is 0 Å². The first-order valence-electron chi connectivity index (χ1n) is 12.2. The number of benzene rings is 2. The Morgan fingerprint density at radius 2 is 1.58 bits per heavy atom. The van der Waals surface area contributed by atoms with Gasteiger partial charge in [-0.15, -0.1) is 0 Å². The Kier molecular flexibility index (Phi) is 9.46. The normalized spacial score (nSPS) is 21.1. The summed E-state index contributed by atoms with van der Waals surface area (Å²) in [6.45, 7) is 1.97. The number of hydrogen-bond donors (Lipinski definition) is 0. The van der Waals surface area contributed by atoms with Gasteiger partial charge >= 0.3 is 18.3 Å². The molecule has 3 unspecified atom stereocenters. The molecule has 0 aromatic heterocycles. The second kappa shape index (κ2) is 12.0. The van der Waals surface area contributed by atoms with Gasteiger partial charge in [-0.2, -0.15) is 26.3 Å². The van der Waals surface area contributed by atoms with Crippen molar-refractivity contribution < 1.29 is 45.0 Å². The van der Waals surface area contributed by atoms with Gasteiger partial charge in [0.25, 0.3) is 0 Å². The predicted molar refractivity (Wildman–Crippen MR) is 126 cm³/mol. The quantitative estimate of drug-likeness (QED) is 0.246. The number of carbonyl (C=O) groups excluding carboxylic acids is 1. The monoisotopic (exact) mass is 549 g/mol. The summed E-state index contributed by atoms with van der Waals surface area (Å²) in [4.78, 5) is 13.5. The van der Waals surface area contributed by atoms with Gasteiger partial charge in [0, 0.05) is 18.4 Å². The van der Waals surface area contributed by atoms with E-state index in [1.54, 1.807) is 12.1 Å². The summed E-state index contributed by atoms with van der Waals surface area (Å²) in [7, 11) is 3.17. The SMILES string of the molecule is COC(=O)CCCN(C)C1CCC(O[C@H](C)c2cc(C(F)(F)F)cc(C(F)(F)F)c2)C1c1ccc(F)cc1. The highest BCUT2D eigenvalue weighted by Gasteiger charge is 2.42. The fraction of sp³-hybridized carbons (Fsp3) is 0.519. The Balaban J connectivity index is 1.87. The minimum absolute atomic E-state index is 0.0897. The molecule has 1 aliphatic carbocycles. The summed E-state index contributed by atoms with van der Waals surface area (Å²) < 4.78 is 105. The van der Waals surface area contributed by atoms with Gasteiger partial charge < -0.3 is 14.4 Å². The minimum atomic E-state index is -4.96. The summed E-state index contributed by atoms with van der Waals surface area (Å²) in [6.07, 6.45) is -9.67. The largest absolute Gasteiger partial charge is 0.469 e. The van der Waals surface area contributed by atoms with Crippen molar-refractivity contribution in [3.63, 3.8) is 0 Å². The highest BCUT2D eigenvalue weighted by atomic mass is 19.4. The van der Waals surface area contributed by atoms with Gasteiger partial charge in [0.05, 0.1) is 30.4 Å². The van der Waals surface area contributed by atoms with Crippen molar-refractivity contribution in [2.75, 3.05) is 20.7 Å². The zero-order chi connectivity index (χ0) is 28.3. The Labute approximate surface area is 216 Å². The second-order valence-electron chi connectivity index (χ2n) is 9.54. The van der Waals surface area contributed by atoms with Crippen LogP contribution in [-0.4, -0.2) is 43.7 Å². The number of halogens is 7. The Bertz CT molecular complexity index is 1050. The van der Waals surface area contributed by atoms with Crippen LogP contribution in [0.2, 0.25) is 0 Å². The van der Waals surface area contributed by atoms with Crippen LogP contribution < -0.4 is 0 Å². The third kappa shape index (κ3) is 7.47. The molecule has 0 aliphatic heterocycles. The van der Waals surface area contributed by atoms with Crippen molar-refractivity contribution >= 4 is 5.97 Å². The first-order chi connectivity index (χ1) is 17.7.